The van der Waals surface area contributed by atoms with Crippen LogP contribution < -0.4 is 11.1 Å². The van der Waals surface area contributed by atoms with Crippen molar-refractivity contribution in [2.45, 2.75) is 32.7 Å². The van der Waals surface area contributed by atoms with Crippen LogP contribution in [0.5, 0.6) is 0 Å². The molecule has 1 aliphatic heterocycles. The molecule has 0 aliphatic carbocycles. The van der Waals surface area contributed by atoms with Gasteiger partial charge < -0.3 is 16.0 Å². The Morgan fingerprint density at radius 2 is 2.10 bits per heavy atom. The molecule has 1 aromatic carbocycles. The molecule has 20 heavy (non-hydrogen) atoms. The molecule has 0 unspecified atom stereocenters. The molecule has 0 saturated carbocycles. The number of nitrogens with two attached hydrogens (primary N) is 1. The summed E-state index contributed by atoms with van der Waals surface area (Å²) >= 11 is 0. The zero-order valence-electron chi connectivity index (χ0n) is 12.1. The molecule has 1 heterocycles. The molecule has 2 rings (SSSR count). The number of piperidine rings is 1. The summed E-state index contributed by atoms with van der Waals surface area (Å²) in [6.45, 7) is 7.03. The van der Waals surface area contributed by atoms with Crippen LogP contribution in [-0.2, 0) is 0 Å². The van der Waals surface area contributed by atoms with Crippen molar-refractivity contribution in [3.05, 3.63) is 29.1 Å². The van der Waals surface area contributed by atoms with Gasteiger partial charge in [-0.2, -0.15) is 0 Å². The fraction of sp³-hybridized carbons (Fsp3) is 0.533. The second-order valence-corrected chi connectivity index (χ2v) is 5.35. The van der Waals surface area contributed by atoms with Gasteiger partial charge in [0.1, 0.15) is 5.82 Å². The number of hydrogen-bond donors (Lipinski definition) is 2. The van der Waals surface area contributed by atoms with E-state index in [1.54, 1.807) is 13.0 Å². The van der Waals surface area contributed by atoms with E-state index in [2.05, 4.69) is 17.1 Å². The summed E-state index contributed by atoms with van der Waals surface area (Å²) in [6.07, 6.45) is 2.05. The number of amides is 1. The number of likely N-dealkylation sites (tertiary alicyclic amines) is 1. The van der Waals surface area contributed by atoms with E-state index in [9.17, 15) is 9.18 Å². The number of carbonyl (C=O) groups is 1. The van der Waals surface area contributed by atoms with Gasteiger partial charge >= 0.3 is 0 Å². The van der Waals surface area contributed by atoms with Gasteiger partial charge in [0.25, 0.3) is 0 Å². The average Bonchev–Trinajstić information content (AvgIpc) is 2.44. The SMILES string of the molecule is CCN1CCC(Nc2cc(C(N)=O)cc(F)c2C)CC1. The Hall–Kier alpha value is -1.62. The van der Waals surface area contributed by atoms with Gasteiger partial charge in [-0.05, 0) is 38.4 Å². The predicted octanol–water partition coefficient (Wildman–Crippen LogP) is 2.13. The lowest BCUT2D eigenvalue weighted by atomic mass is 10.0. The third-order valence-electron chi connectivity index (χ3n) is 4.02. The third-order valence-corrected chi connectivity index (χ3v) is 4.02. The van der Waals surface area contributed by atoms with Gasteiger partial charge in [0.15, 0.2) is 0 Å². The van der Waals surface area contributed by atoms with Crippen molar-refractivity contribution in [3.8, 4) is 0 Å². The smallest absolute Gasteiger partial charge is 0.248 e. The lowest BCUT2D eigenvalue weighted by Gasteiger charge is -2.32. The Morgan fingerprint density at radius 1 is 1.45 bits per heavy atom. The van der Waals surface area contributed by atoms with Crippen molar-refractivity contribution in [3.63, 3.8) is 0 Å². The number of anilines is 1. The molecular formula is C15H22FN3O. The molecule has 1 saturated heterocycles. The van der Waals surface area contributed by atoms with Crippen molar-refractivity contribution in [1.29, 1.82) is 0 Å². The van der Waals surface area contributed by atoms with Gasteiger partial charge in [-0.25, -0.2) is 4.39 Å². The zero-order chi connectivity index (χ0) is 14.7. The van der Waals surface area contributed by atoms with Crippen LogP contribution in [0, 0.1) is 12.7 Å². The number of rotatable bonds is 4. The quantitative estimate of drug-likeness (QED) is 0.887. The summed E-state index contributed by atoms with van der Waals surface area (Å²) in [7, 11) is 0. The van der Waals surface area contributed by atoms with Crippen molar-refractivity contribution in [1.82, 2.24) is 4.90 Å². The first-order valence-electron chi connectivity index (χ1n) is 7.10. The molecule has 5 heteroatoms. The van der Waals surface area contributed by atoms with E-state index in [0.29, 0.717) is 17.3 Å². The minimum Gasteiger partial charge on any atom is -0.382 e. The van der Waals surface area contributed by atoms with Crippen LogP contribution in [0.25, 0.3) is 0 Å². The summed E-state index contributed by atoms with van der Waals surface area (Å²) in [4.78, 5) is 13.6. The monoisotopic (exact) mass is 279 g/mol. The number of nitrogens with one attached hydrogen (secondary N) is 1. The molecule has 3 N–H and O–H groups in total. The molecule has 4 nitrogen and oxygen atoms in total. The number of hydrogen-bond acceptors (Lipinski definition) is 3. The Morgan fingerprint density at radius 3 is 2.65 bits per heavy atom. The molecule has 110 valence electrons. The Kier molecular flexibility index (Phi) is 4.60. The largest absolute Gasteiger partial charge is 0.382 e. The standard InChI is InChI=1S/C15H22FN3O/c1-3-19-6-4-12(5-7-19)18-14-9-11(15(17)20)8-13(16)10(14)2/h8-9,12,18H,3-7H2,1-2H3,(H2,17,20). The van der Waals surface area contributed by atoms with Crippen LogP contribution >= 0.6 is 0 Å². The molecule has 1 aromatic rings. The molecule has 1 fully saturated rings. The second-order valence-electron chi connectivity index (χ2n) is 5.35. The van der Waals surface area contributed by atoms with Crippen LogP contribution in [0.2, 0.25) is 0 Å². The van der Waals surface area contributed by atoms with E-state index in [1.165, 1.54) is 6.07 Å². The van der Waals surface area contributed by atoms with Gasteiger partial charge in [0.2, 0.25) is 5.91 Å². The number of nitrogens with zero attached hydrogens (tertiary/aromatic N) is 1. The van der Waals surface area contributed by atoms with E-state index < -0.39 is 11.7 Å². The van der Waals surface area contributed by atoms with Crippen molar-refractivity contribution in [2.24, 2.45) is 5.73 Å². The lowest BCUT2D eigenvalue weighted by Crippen LogP contribution is -2.39. The van der Waals surface area contributed by atoms with Gasteiger partial charge in [-0.15, -0.1) is 0 Å². The highest BCUT2D eigenvalue weighted by atomic mass is 19.1. The van der Waals surface area contributed by atoms with Crippen molar-refractivity contribution >= 4 is 11.6 Å². The van der Waals surface area contributed by atoms with Crippen LogP contribution in [0.3, 0.4) is 0 Å². The van der Waals surface area contributed by atoms with E-state index >= 15 is 0 Å². The van der Waals surface area contributed by atoms with E-state index in [1.807, 2.05) is 0 Å². The summed E-state index contributed by atoms with van der Waals surface area (Å²) in [5.41, 5.74) is 6.65. The highest BCUT2D eigenvalue weighted by molar-refractivity contribution is 5.94. The first kappa shape index (κ1) is 14.8. The summed E-state index contributed by atoms with van der Waals surface area (Å²) in [5.74, 6) is -0.998. The fourth-order valence-electron chi connectivity index (χ4n) is 2.58. The van der Waals surface area contributed by atoms with Crippen LogP contribution in [-0.4, -0.2) is 36.5 Å². The maximum Gasteiger partial charge on any atom is 0.248 e. The first-order valence-corrected chi connectivity index (χ1v) is 7.10. The maximum absolute atomic E-state index is 13.8. The fourth-order valence-corrected chi connectivity index (χ4v) is 2.58. The van der Waals surface area contributed by atoms with Gasteiger partial charge in [0, 0.05) is 35.9 Å². The van der Waals surface area contributed by atoms with Crippen LogP contribution in [0.15, 0.2) is 12.1 Å². The van der Waals surface area contributed by atoms with E-state index in [4.69, 9.17) is 5.73 Å². The van der Waals surface area contributed by atoms with Gasteiger partial charge in [-0.3, -0.25) is 4.79 Å². The normalized spacial score (nSPS) is 17.1. The molecule has 0 spiro atoms. The average molecular weight is 279 g/mol. The molecule has 1 aliphatic rings. The van der Waals surface area contributed by atoms with E-state index in [0.717, 1.165) is 32.5 Å². The molecule has 0 radical (unpaired) electrons. The Bertz CT molecular complexity index is 496. The zero-order valence-corrected chi connectivity index (χ0v) is 12.1. The molecule has 0 bridgehead atoms. The summed E-state index contributed by atoms with van der Waals surface area (Å²) < 4.78 is 13.8. The first-order chi connectivity index (χ1) is 9.51. The topological polar surface area (TPSA) is 58.4 Å². The number of benzene rings is 1. The summed E-state index contributed by atoms with van der Waals surface area (Å²) in [6, 6.07) is 3.16. The van der Waals surface area contributed by atoms with Crippen molar-refractivity contribution in [2.75, 3.05) is 25.0 Å². The highest BCUT2D eigenvalue weighted by Crippen LogP contribution is 2.23. The van der Waals surface area contributed by atoms with Crippen LogP contribution in [0.4, 0.5) is 10.1 Å². The minimum atomic E-state index is -0.604. The molecule has 0 aromatic heterocycles. The maximum atomic E-state index is 13.8. The van der Waals surface area contributed by atoms with Gasteiger partial charge in [0.05, 0.1) is 0 Å². The van der Waals surface area contributed by atoms with E-state index in [-0.39, 0.29) is 5.56 Å². The Balaban J connectivity index is 2.11. The number of carbonyl (C=O) groups excluding carboxylic acids is 1. The number of primary amides is 1. The van der Waals surface area contributed by atoms with Crippen molar-refractivity contribution < 1.29 is 9.18 Å². The highest BCUT2D eigenvalue weighted by Gasteiger charge is 2.19. The van der Waals surface area contributed by atoms with Gasteiger partial charge in [-0.1, -0.05) is 6.92 Å². The predicted molar refractivity (Wildman–Crippen MR) is 78.4 cm³/mol. The Labute approximate surface area is 119 Å². The third kappa shape index (κ3) is 3.28. The summed E-state index contributed by atoms with van der Waals surface area (Å²) in [5, 5.41) is 3.36. The number of halogens is 1. The molecule has 1 amide bonds. The second kappa shape index (κ2) is 6.22. The lowest BCUT2D eigenvalue weighted by molar-refractivity contribution is 0.1000. The van der Waals surface area contributed by atoms with Crippen LogP contribution in [0.1, 0.15) is 35.7 Å². The molecular weight excluding hydrogens is 257 g/mol. The molecule has 0 atom stereocenters. The minimum absolute atomic E-state index is 0.210.